The Bertz CT molecular complexity index is 1030. The molecule has 2 aromatic carbocycles. The predicted octanol–water partition coefficient (Wildman–Crippen LogP) is 5.07. The average molecular weight is 389 g/mol. The van der Waals surface area contributed by atoms with Gasteiger partial charge in [-0.05, 0) is 67.5 Å². The Morgan fingerprint density at radius 3 is 2.41 bits per heavy atom. The summed E-state index contributed by atoms with van der Waals surface area (Å²) in [4.78, 5) is 12.1. The first-order chi connectivity index (χ1) is 14.1. The smallest absolute Gasteiger partial charge is 0.284 e. The lowest BCUT2D eigenvalue weighted by Crippen LogP contribution is -2.29. The lowest BCUT2D eigenvalue weighted by Gasteiger charge is -2.21. The van der Waals surface area contributed by atoms with Gasteiger partial charge in [-0.25, -0.2) is 0 Å². The molecule has 29 heavy (non-hydrogen) atoms. The summed E-state index contributed by atoms with van der Waals surface area (Å²) in [5, 5.41) is 6.06. The molecule has 4 rings (SSSR count). The molecule has 3 aromatic rings. The third-order valence-electron chi connectivity index (χ3n) is 5.81. The van der Waals surface area contributed by atoms with Gasteiger partial charge >= 0.3 is 0 Å². The van der Waals surface area contributed by atoms with E-state index in [1.165, 1.54) is 27.8 Å². The van der Waals surface area contributed by atoms with Gasteiger partial charge in [0.1, 0.15) is 5.76 Å². The second kappa shape index (κ2) is 8.66. The summed E-state index contributed by atoms with van der Waals surface area (Å²) in [6.07, 6.45) is 6.07. The lowest BCUT2D eigenvalue weighted by atomic mass is 9.91. The van der Waals surface area contributed by atoms with E-state index in [9.17, 15) is 4.79 Å². The van der Waals surface area contributed by atoms with Gasteiger partial charge in [0.05, 0.1) is 5.56 Å². The van der Waals surface area contributed by atoms with Crippen molar-refractivity contribution in [2.45, 2.75) is 45.6 Å². The number of aryl methyl sites for hydroxylation is 3. The summed E-state index contributed by atoms with van der Waals surface area (Å²) in [7, 11) is 0. The van der Waals surface area contributed by atoms with Crippen molar-refractivity contribution >= 4 is 5.57 Å². The van der Waals surface area contributed by atoms with Gasteiger partial charge in [0.25, 0.3) is 5.56 Å². The molecule has 4 heteroatoms. The zero-order valence-corrected chi connectivity index (χ0v) is 17.1. The fourth-order valence-electron chi connectivity index (χ4n) is 4.29. The average Bonchev–Trinajstić information content (AvgIpc) is 3.11. The molecule has 1 heterocycles. The first-order valence-corrected chi connectivity index (χ1v) is 10.4. The van der Waals surface area contributed by atoms with Crippen LogP contribution in [0.3, 0.4) is 0 Å². The minimum Gasteiger partial charge on any atom is -0.383 e. The van der Waals surface area contributed by atoms with Crippen LogP contribution in [0, 0.1) is 13.8 Å². The Hall–Kier alpha value is -2.85. The minimum absolute atomic E-state index is 0.0787. The number of fused-ring (bicyclic) bond motifs is 1. The van der Waals surface area contributed by atoms with Crippen molar-refractivity contribution in [3.05, 3.63) is 98.5 Å². The molecule has 0 saturated heterocycles. The number of aromatic amines is 1. The maximum atomic E-state index is 12.1. The number of hydrogen-bond donors (Lipinski definition) is 2. The molecule has 0 saturated carbocycles. The van der Waals surface area contributed by atoms with Crippen LogP contribution < -0.4 is 10.9 Å². The third-order valence-corrected chi connectivity index (χ3v) is 5.81. The van der Waals surface area contributed by atoms with Crippen molar-refractivity contribution in [3.63, 3.8) is 0 Å². The fourth-order valence-corrected chi connectivity index (χ4v) is 4.29. The van der Waals surface area contributed by atoms with E-state index in [1.807, 2.05) is 0 Å². The Labute approximate surface area is 171 Å². The van der Waals surface area contributed by atoms with Gasteiger partial charge in [-0.2, -0.15) is 5.16 Å². The van der Waals surface area contributed by atoms with E-state index in [-0.39, 0.29) is 11.6 Å². The predicted molar refractivity (Wildman–Crippen MR) is 117 cm³/mol. The Kier molecular flexibility index (Phi) is 5.81. The number of hydrogen-bond acceptors (Lipinski definition) is 3. The van der Waals surface area contributed by atoms with Crippen LogP contribution in [0.25, 0.3) is 5.57 Å². The summed E-state index contributed by atoms with van der Waals surface area (Å²) in [6.45, 7) is 5.14. The maximum absolute atomic E-state index is 12.1. The quantitative estimate of drug-likeness (QED) is 0.580. The molecule has 1 aromatic heterocycles. The molecule has 1 atom stereocenters. The molecular formula is C25H28N2O2. The monoisotopic (exact) mass is 388 g/mol. The molecule has 0 aliphatic heterocycles. The summed E-state index contributed by atoms with van der Waals surface area (Å²) < 4.78 is 5.31. The molecule has 1 aliphatic carbocycles. The van der Waals surface area contributed by atoms with Crippen LogP contribution in [-0.4, -0.2) is 11.7 Å². The van der Waals surface area contributed by atoms with E-state index < -0.39 is 0 Å². The number of nitrogens with one attached hydrogen (secondary N) is 2. The van der Waals surface area contributed by atoms with E-state index in [0.717, 1.165) is 43.6 Å². The van der Waals surface area contributed by atoms with Crippen molar-refractivity contribution < 1.29 is 4.52 Å². The van der Waals surface area contributed by atoms with Gasteiger partial charge in [-0.3, -0.25) is 4.79 Å². The van der Waals surface area contributed by atoms with Crippen LogP contribution >= 0.6 is 0 Å². The Balaban J connectivity index is 1.54. The largest absolute Gasteiger partial charge is 0.383 e. The van der Waals surface area contributed by atoms with Crippen LogP contribution in [0.5, 0.6) is 0 Å². The Morgan fingerprint density at radius 1 is 1.10 bits per heavy atom. The standard InChI is InChI=1S/C25H28N2O2/c1-17-9-3-5-11-19(17)21(20-12-6-4-10-18(20)2)13-8-16-26-22-14-7-15-23-24(22)25(28)27-29-23/h3-6,9-13,22,26H,7-8,14-16H2,1-2H3,(H,27,28). The van der Waals surface area contributed by atoms with Gasteiger partial charge in [0, 0.05) is 12.5 Å². The highest BCUT2D eigenvalue weighted by atomic mass is 16.5. The SMILES string of the molecule is Cc1ccccc1C(=CCCNC1CCCc2o[nH]c(=O)c21)c1ccccc1C. The van der Waals surface area contributed by atoms with Crippen LogP contribution in [-0.2, 0) is 6.42 Å². The van der Waals surface area contributed by atoms with Gasteiger partial charge in [-0.1, -0.05) is 54.6 Å². The van der Waals surface area contributed by atoms with Gasteiger partial charge in [0.15, 0.2) is 0 Å². The molecule has 0 bridgehead atoms. The topological polar surface area (TPSA) is 58.0 Å². The fraction of sp³-hybridized carbons (Fsp3) is 0.320. The van der Waals surface area contributed by atoms with Crippen LogP contribution in [0.1, 0.15) is 58.9 Å². The highest BCUT2D eigenvalue weighted by molar-refractivity contribution is 5.82. The highest BCUT2D eigenvalue weighted by Gasteiger charge is 2.26. The highest BCUT2D eigenvalue weighted by Crippen LogP contribution is 2.29. The number of rotatable bonds is 6. The second-order valence-corrected chi connectivity index (χ2v) is 7.81. The molecule has 0 radical (unpaired) electrons. The third kappa shape index (κ3) is 4.13. The van der Waals surface area contributed by atoms with E-state index in [0.29, 0.717) is 0 Å². The van der Waals surface area contributed by atoms with Crippen molar-refractivity contribution in [1.29, 1.82) is 0 Å². The van der Waals surface area contributed by atoms with Crippen LogP contribution in [0.2, 0.25) is 0 Å². The van der Waals surface area contributed by atoms with Crippen molar-refractivity contribution in [2.75, 3.05) is 6.54 Å². The molecule has 4 nitrogen and oxygen atoms in total. The lowest BCUT2D eigenvalue weighted by molar-refractivity contribution is 0.354. The minimum atomic E-state index is -0.0896. The molecule has 1 aliphatic rings. The number of H-pyrrole nitrogens is 1. The van der Waals surface area contributed by atoms with E-state index in [1.54, 1.807) is 0 Å². The van der Waals surface area contributed by atoms with Gasteiger partial charge in [0.2, 0.25) is 0 Å². The maximum Gasteiger partial charge on any atom is 0.284 e. The molecule has 0 fully saturated rings. The van der Waals surface area contributed by atoms with E-state index >= 15 is 0 Å². The molecule has 150 valence electrons. The Morgan fingerprint density at radius 2 is 1.76 bits per heavy atom. The summed E-state index contributed by atoms with van der Waals surface area (Å²) >= 11 is 0. The molecule has 1 unspecified atom stereocenters. The van der Waals surface area contributed by atoms with Crippen LogP contribution in [0.15, 0.2) is 63.9 Å². The second-order valence-electron chi connectivity index (χ2n) is 7.81. The first-order valence-electron chi connectivity index (χ1n) is 10.4. The van der Waals surface area contributed by atoms with Gasteiger partial charge < -0.3 is 9.84 Å². The molecule has 0 spiro atoms. The van der Waals surface area contributed by atoms with Gasteiger partial charge in [-0.15, -0.1) is 0 Å². The summed E-state index contributed by atoms with van der Waals surface area (Å²) in [5.41, 5.74) is 7.06. The summed E-state index contributed by atoms with van der Waals surface area (Å²) in [6, 6.07) is 17.2. The van der Waals surface area contributed by atoms with Crippen molar-refractivity contribution in [1.82, 2.24) is 10.5 Å². The summed E-state index contributed by atoms with van der Waals surface area (Å²) in [5.74, 6) is 0.815. The zero-order valence-electron chi connectivity index (χ0n) is 17.1. The number of benzene rings is 2. The first kappa shape index (κ1) is 19.5. The van der Waals surface area contributed by atoms with Crippen LogP contribution in [0.4, 0.5) is 0 Å². The van der Waals surface area contributed by atoms with Crippen molar-refractivity contribution in [3.8, 4) is 0 Å². The molecule has 0 amide bonds. The normalized spacial score (nSPS) is 15.7. The van der Waals surface area contributed by atoms with E-state index in [2.05, 4.69) is 78.9 Å². The van der Waals surface area contributed by atoms with E-state index in [4.69, 9.17) is 4.52 Å². The molecular weight excluding hydrogens is 360 g/mol. The number of aromatic nitrogens is 1. The zero-order chi connectivity index (χ0) is 20.2. The van der Waals surface area contributed by atoms with Crippen molar-refractivity contribution in [2.24, 2.45) is 0 Å². The molecule has 2 N–H and O–H groups in total.